The molecule has 2 atom stereocenters. The average molecular weight is 370 g/mol. The smallest absolute Gasteiger partial charge is 0.341 e. The number of rotatable bonds is 5. The fraction of sp³-hybridized carbons (Fsp3) is 0.571. The number of amides is 1. The molecule has 2 aliphatic rings. The minimum atomic E-state index is -2.18. The molecule has 1 fully saturated rings. The second-order valence-electron chi connectivity index (χ2n) is 6.31. The largest absolute Gasteiger partial charge is 0.515 e. The van der Waals surface area contributed by atoms with Crippen molar-refractivity contribution in [3.8, 4) is 0 Å². The summed E-state index contributed by atoms with van der Waals surface area (Å²) in [6.45, 7) is 6.73. The van der Waals surface area contributed by atoms with Gasteiger partial charge in [-0.3, -0.25) is 14.5 Å². The quantitative estimate of drug-likeness (QED) is 0.232. The number of fused-ring (bicyclic) bond motifs is 1. The number of hydrogen-bond acceptors (Lipinski definition) is 8. The maximum absolute atomic E-state index is 12.6. The van der Waals surface area contributed by atoms with Gasteiger partial charge in [0, 0.05) is 18.2 Å². The molecule has 1 amide bonds. The number of ether oxygens (including phenoxy) is 1. The van der Waals surface area contributed by atoms with Crippen molar-refractivity contribution in [3.63, 3.8) is 0 Å². The highest BCUT2D eigenvalue weighted by Crippen LogP contribution is 2.42. The fourth-order valence-corrected chi connectivity index (χ4v) is 4.28. The average Bonchev–Trinajstić information content (AvgIpc) is 2.47. The van der Waals surface area contributed by atoms with Crippen LogP contribution in [0, 0.1) is 0 Å². The van der Waals surface area contributed by atoms with Crippen molar-refractivity contribution < 1.29 is 28.3 Å². The molecule has 8 nitrogen and oxygen atoms in total. The molecule has 0 saturated carbocycles. The molecule has 2 aliphatic heterocycles. The van der Waals surface area contributed by atoms with Gasteiger partial charge in [0.05, 0.1) is 0 Å². The van der Waals surface area contributed by atoms with E-state index < -0.39 is 37.6 Å². The Balaban J connectivity index is 2.34. The van der Waals surface area contributed by atoms with Gasteiger partial charge in [-0.15, -0.1) is 11.8 Å². The minimum absolute atomic E-state index is 0.0867. The lowest BCUT2D eigenvalue weighted by Crippen LogP contribution is -2.64. The summed E-state index contributed by atoms with van der Waals surface area (Å²) in [5, 5.41) is -0.441. The van der Waals surface area contributed by atoms with Crippen LogP contribution in [0.5, 0.6) is 0 Å². The summed E-state index contributed by atoms with van der Waals surface area (Å²) in [7, 11) is -2.18. The van der Waals surface area contributed by atoms with E-state index in [1.54, 1.807) is 0 Å². The predicted octanol–water partition coefficient (Wildman–Crippen LogP) is 0.801. The van der Waals surface area contributed by atoms with E-state index in [9.17, 15) is 19.2 Å². The number of hydrogen-bond donors (Lipinski definition) is 0. The first-order chi connectivity index (χ1) is 11.2. The first-order valence-corrected chi connectivity index (χ1v) is 11.7. The van der Waals surface area contributed by atoms with Crippen LogP contribution in [0.25, 0.3) is 0 Å². The third kappa shape index (κ3) is 3.77. The molecule has 0 bridgehead atoms. The lowest BCUT2D eigenvalue weighted by molar-refractivity contribution is -0.147. The first kappa shape index (κ1) is 18.4. The molecule has 0 aromatic carbocycles. The Hall–Kier alpha value is -1.90. The number of β-lactam (4-membered cyclic amide) rings is 1. The van der Waals surface area contributed by atoms with Crippen molar-refractivity contribution in [2.24, 2.45) is 4.99 Å². The highest BCUT2D eigenvalue weighted by molar-refractivity contribution is 8.00. The molecule has 0 unspecified atom stereocenters. The number of nitrogens with zero attached hydrogens (tertiary/aromatic N) is 2. The van der Waals surface area contributed by atoms with Crippen LogP contribution in [0.2, 0.25) is 19.6 Å². The van der Waals surface area contributed by atoms with Crippen LogP contribution in [0.1, 0.15) is 6.92 Å². The van der Waals surface area contributed by atoms with Crippen LogP contribution in [0.3, 0.4) is 0 Å². The van der Waals surface area contributed by atoms with Crippen molar-refractivity contribution in [1.82, 2.24) is 4.90 Å². The molecular formula is C14H18N2O6SSi. The van der Waals surface area contributed by atoms with E-state index in [-0.39, 0.29) is 12.3 Å². The van der Waals surface area contributed by atoms with Gasteiger partial charge in [0.1, 0.15) is 17.7 Å². The minimum Gasteiger partial charge on any atom is -0.515 e. The van der Waals surface area contributed by atoms with Crippen LogP contribution < -0.4 is 0 Å². The lowest BCUT2D eigenvalue weighted by atomic mass is 10.0. The maximum Gasteiger partial charge on any atom is 0.341 e. The second-order valence-corrected chi connectivity index (χ2v) is 11.8. The summed E-state index contributed by atoms with van der Waals surface area (Å²) >= 11 is 1.35. The molecule has 130 valence electrons. The van der Waals surface area contributed by atoms with E-state index in [4.69, 9.17) is 9.16 Å². The van der Waals surface area contributed by atoms with Gasteiger partial charge in [-0.1, -0.05) is 0 Å². The number of carbonyl (C=O) groups is 3. The van der Waals surface area contributed by atoms with Gasteiger partial charge in [-0.2, -0.15) is 4.99 Å². The maximum atomic E-state index is 12.6. The summed E-state index contributed by atoms with van der Waals surface area (Å²) in [6, 6.07) is -0.836. The normalized spacial score (nSPS) is 23.0. The Morgan fingerprint density at radius 1 is 1.42 bits per heavy atom. The van der Waals surface area contributed by atoms with Gasteiger partial charge in [-0.05, 0) is 19.6 Å². The summed E-state index contributed by atoms with van der Waals surface area (Å²) in [4.78, 5) is 51.1. The standard InChI is InChI=1S/C14H18N2O6SSi/c1-8(18)21-5-9-6-23-13-10(15-7-17)12(19)16(13)11(9)14(20)22-24(2,3)4/h10,13H,5-6H2,1-4H3/t10-,13-/m1/s1. The molecule has 0 spiro atoms. The molecule has 0 aromatic heterocycles. The zero-order chi connectivity index (χ0) is 18.1. The van der Waals surface area contributed by atoms with E-state index in [0.29, 0.717) is 11.3 Å². The predicted molar refractivity (Wildman–Crippen MR) is 88.1 cm³/mol. The first-order valence-electron chi connectivity index (χ1n) is 7.26. The van der Waals surface area contributed by atoms with Crippen molar-refractivity contribution in [2.75, 3.05) is 12.4 Å². The van der Waals surface area contributed by atoms with Crippen LogP contribution in [-0.4, -0.2) is 60.9 Å². The number of aliphatic imine (C=N–C) groups is 1. The number of isocyanates is 1. The molecule has 1 saturated heterocycles. The highest BCUT2D eigenvalue weighted by atomic mass is 32.2. The van der Waals surface area contributed by atoms with Crippen molar-refractivity contribution in [2.45, 2.75) is 38.0 Å². The zero-order valence-corrected chi connectivity index (χ0v) is 15.6. The molecule has 0 radical (unpaired) electrons. The lowest BCUT2D eigenvalue weighted by Gasteiger charge is -2.47. The van der Waals surface area contributed by atoms with E-state index >= 15 is 0 Å². The van der Waals surface area contributed by atoms with E-state index in [2.05, 4.69) is 4.99 Å². The summed E-state index contributed by atoms with van der Waals surface area (Å²) in [6.07, 6.45) is 1.39. The van der Waals surface area contributed by atoms with Gasteiger partial charge in [0.25, 0.3) is 5.91 Å². The topological polar surface area (TPSA) is 102 Å². The molecule has 2 rings (SSSR count). The number of thioether (sulfide) groups is 1. The molecule has 0 N–H and O–H groups in total. The Kier molecular flexibility index (Phi) is 5.31. The third-order valence-corrected chi connectivity index (χ3v) is 5.38. The third-order valence-electron chi connectivity index (χ3n) is 3.25. The number of esters is 1. The van der Waals surface area contributed by atoms with E-state index in [1.165, 1.54) is 29.7 Å². The Labute approximate surface area is 144 Å². The molecule has 10 heteroatoms. The van der Waals surface area contributed by atoms with Crippen molar-refractivity contribution in [3.05, 3.63) is 11.3 Å². The van der Waals surface area contributed by atoms with Crippen LogP contribution in [0.4, 0.5) is 0 Å². The van der Waals surface area contributed by atoms with Gasteiger partial charge < -0.3 is 9.16 Å². The second kappa shape index (κ2) is 6.92. The molecule has 0 aliphatic carbocycles. The van der Waals surface area contributed by atoms with Gasteiger partial charge in [0.15, 0.2) is 6.04 Å². The van der Waals surface area contributed by atoms with Crippen LogP contribution in [-0.2, 0) is 28.3 Å². The zero-order valence-electron chi connectivity index (χ0n) is 13.8. The van der Waals surface area contributed by atoms with Crippen LogP contribution >= 0.6 is 11.8 Å². The highest BCUT2D eigenvalue weighted by Gasteiger charge is 2.54. The SMILES string of the molecule is CC(=O)OCC1=C(C(=O)O[Si](C)(C)C)N2C(=O)[C@@H](N=C=O)[C@H]2SC1. The number of carbonyl (C=O) groups excluding carboxylic acids is 4. The van der Waals surface area contributed by atoms with E-state index in [1.807, 2.05) is 19.6 Å². The van der Waals surface area contributed by atoms with E-state index in [0.717, 1.165) is 0 Å². The Morgan fingerprint density at radius 3 is 2.62 bits per heavy atom. The Morgan fingerprint density at radius 2 is 2.08 bits per heavy atom. The van der Waals surface area contributed by atoms with Crippen molar-refractivity contribution >= 4 is 44.0 Å². The van der Waals surface area contributed by atoms with Gasteiger partial charge >= 0.3 is 11.9 Å². The Bertz CT molecular complexity index is 665. The monoisotopic (exact) mass is 370 g/mol. The molecule has 0 aromatic rings. The molecule has 2 heterocycles. The summed E-state index contributed by atoms with van der Waals surface area (Å²) in [5.74, 6) is -1.17. The fourth-order valence-electron chi connectivity index (χ4n) is 2.32. The van der Waals surface area contributed by atoms with Gasteiger partial charge in [0.2, 0.25) is 14.4 Å². The molecule has 24 heavy (non-hydrogen) atoms. The van der Waals surface area contributed by atoms with Crippen LogP contribution in [0.15, 0.2) is 16.3 Å². The summed E-state index contributed by atoms with van der Waals surface area (Å²) < 4.78 is 10.5. The summed E-state index contributed by atoms with van der Waals surface area (Å²) in [5.41, 5.74) is 0.612. The van der Waals surface area contributed by atoms with Crippen molar-refractivity contribution in [1.29, 1.82) is 0 Å². The van der Waals surface area contributed by atoms with Gasteiger partial charge in [-0.25, -0.2) is 9.59 Å². The molecular weight excluding hydrogens is 352 g/mol.